The van der Waals surface area contributed by atoms with E-state index in [0.717, 1.165) is 0 Å². The van der Waals surface area contributed by atoms with Crippen LogP contribution >= 0.6 is 11.3 Å². The maximum absolute atomic E-state index is 14.7. The summed E-state index contributed by atoms with van der Waals surface area (Å²) in [6.45, 7) is 8.04. The number of carboxylic acids is 1. The zero-order chi connectivity index (χ0) is 30.2. The highest BCUT2D eigenvalue weighted by molar-refractivity contribution is 7.11. The van der Waals surface area contributed by atoms with Gasteiger partial charge in [-0.3, -0.25) is 19.5 Å². The van der Waals surface area contributed by atoms with Crippen molar-refractivity contribution in [2.75, 3.05) is 39.4 Å². The van der Waals surface area contributed by atoms with Gasteiger partial charge in [-0.1, -0.05) is 12.1 Å². The number of rotatable bonds is 8. The number of ether oxygens (including phenoxy) is 2. The molecule has 2 saturated heterocycles. The SMILES string of the molecule is CCOC(=O)C1=C(CN2CCO[C@H]3CN(C(=O)C(C)(C)C(=O)O)C[C@H]32)NC(c2nccs2)=N[C@H]1c1cccc(F)c1C. The van der Waals surface area contributed by atoms with Crippen LogP contribution < -0.4 is 5.32 Å². The van der Waals surface area contributed by atoms with Gasteiger partial charge in [0.05, 0.1) is 30.9 Å². The number of hydrogen-bond acceptors (Lipinski definition) is 10. The Labute approximate surface area is 247 Å². The number of fused-ring (bicyclic) bond motifs is 1. The Kier molecular flexibility index (Phi) is 8.44. The lowest BCUT2D eigenvalue weighted by Crippen LogP contribution is -2.53. The zero-order valence-electron chi connectivity index (χ0n) is 23.9. The summed E-state index contributed by atoms with van der Waals surface area (Å²) in [5.74, 6) is -2.18. The van der Waals surface area contributed by atoms with Gasteiger partial charge in [0.1, 0.15) is 17.3 Å². The quantitative estimate of drug-likeness (QED) is 0.347. The fourth-order valence-electron chi connectivity index (χ4n) is 5.57. The topological polar surface area (TPSA) is 134 Å². The standard InChI is InChI=1S/C29H34FN5O6S/c1-5-40-26(36)22-19(13-34-10-11-41-21-15-35(14-20(21)34)27(37)29(3,4)28(38)39)32-24(25-31-9-12-42-25)33-23(22)17-7-6-8-18(30)16(17)2/h6-9,12,20-21,23H,5,10-11,13-15H2,1-4H3,(H,32,33)(H,38,39)/t20-,21+,23+/m1/s1. The van der Waals surface area contributed by atoms with Crippen LogP contribution in [0.15, 0.2) is 46.0 Å². The summed E-state index contributed by atoms with van der Waals surface area (Å²) in [4.78, 5) is 51.3. The van der Waals surface area contributed by atoms with Gasteiger partial charge < -0.3 is 24.8 Å². The molecule has 42 heavy (non-hydrogen) atoms. The summed E-state index contributed by atoms with van der Waals surface area (Å²) >= 11 is 1.38. The number of morpholine rings is 1. The van der Waals surface area contributed by atoms with Gasteiger partial charge >= 0.3 is 11.9 Å². The minimum absolute atomic E-state index is 0.145. The lowest BCUT2D eigenvalue weighted by atomic mass is 9.92. The number of carbonyl (C=O) groups is 3. The van der Waals surface area contributed by atoms with Gasteiger partial charge in [-0.2, -0.15) is 0 Å². The summed E-state index contributed by atoms with van der Waals surface area (Å²) in [6, 6.07) is 3.64. The van der Waals surface area contributed by atoms with E-state index in [4.69, 9.17) is 14.5 Å². The molecule has 1 aromatic carbocycles. The number of thiazole rings is 1. The molecule has 2 aromatic rings. The van der Waals surface area contributed by atoms with Gasteiger partial charge in [0.25, 0.3) is 0 Å². The van der Waals surface area contributed by atoms with E-state index in [1.165, 1.54) is 36.2 Å². The molecule has 0 saturated carbocycles. The molecule has 2 fully saturated rings. The van der Waals surface area contributed by atoms with Crippen molar-refractivity contribution in [2.24, 2.45) is 10.4 Å². The number of amidine groups is 1. The lowest BCUT2D eigenvalue weighted by Gasteiger charge is -2.38. The Balaban J connectivity index is 1.53. The molecular formula is C29H34FN5O6S. The van der Waals surface area contributed by atoms with Crippen molar-refractivity contribution in [3.05, 3.63) is 63.0 Å². The van der Waals surface area contributed by atoms with Crippen molar-refractivity contribution in [3.63, 3.8) is 0 Å². The number of likely N-dealkylation sites (tertiary alicyclic amines) is 1. The van der Waals surface area contributed by atoms with Crippen LogP contribution in [0.5, 0.6) is 0 Å². The fraction of sp³-hybridized carbons (Fsp3) is 0.483. The Morgan fingerprint density at radius 1 is 1.29 bits per heavy atom. The van der Waals surface area contributed by atoms with Crippen LogP contribution in [0.1, 0.15) is 42.9 Å². The number of esters is 1. The molecule has 0 radical (unpaired) electrons. The summed E-state index contributed by atoms with van der Waals surface area (Å²) in [5, 5.41) is 15.4. The molecule has 0 aliphatic carbocycles. The van der Waals surface area contributed by atoms with E-state index in [-0.39, 0.29) is 44.0 Å². The van der Waals surface area contributed by atoms with E-state index in [1.54, 1.807) is 32.2 Å². The van der Waals surface area contributed by atoms with Crippen LogP contribution in [-0.4, -0.2) is 95.1 Å². The molecule has 5 rings (SSSR count). The summed E-state index contributed by atoms with van der Waals surface area (Å²) in [5.41, 5.74) is 0.160. The Hall–Kier alpha value is -3.68. The average molecular weight is 600 g/mol. The molecule has 1 amide bonds. The number of aliphatic imine (C=N–C) groups is 1. The van der Waals surface area contributed by atoms with E-state index < -0.39 is 35.1 Å². The summed E-state index contributed by atoms with van der Waals surface area (Å²) < 4.78 is 26.2. The predicted molar refractivity (Wildman–Crippen MR) is 152 cm³/mol. The van der Waals surface area contributed by atoms with E-state index in [0.29, 0.717) is 40.8 Å². The molecular weight excluding hydrogens is 565 g/mol. The first-order chi connectivity index (χ1) is 20.0. The fourth-order valence-corrected chi connectivity index (χ4v) is 6.16. The third kappa shape index (κ3) is 5.55. The maximum Gasteiger partial charge on any atom is 0.338 e. The number of aromatic nitrogens is 1. The molecule has 3 aliphatic heterocycles. The first-order valence-corrected chi connectivity index (χ1v) is 14.7. The Bertz CT molecular complexity index is 1440. The van der Waals surface area contributed by atoms with Gasteiger partial charge in [-0.25, -0.2) is 14.2 Å². The number of nitrogens with zero attached hydrogens (tertiary/aromatic N) is 4. The van der Waals surface area contributed by atoms with Gasteiger partial charge in [-0.05, 0) is 44.9 Å². The van der Waals surface area contributed by atoms with Crippen molar-refractivity contribution in [3.8, 4) is 0 Å². The number of hydrogen-bond donors (Lipinski definition) is 2. The molecule has 11 nitrogen and oxygen atoms in total. The van der Waals surface area contributed by atoms with Crippen molar-refractivity contribution in [1.29, 1.82) is 0 Å². The molecule has 3 aliphatic rings. The number of carboxylic acid groups (broad SMARTS) is 1. The minimum Gasteiger partial charge on any atom is -0.480 e. The average Bonchev–Trinajstić information content (AvgIpc) is 3.65. The van der Waals surface area contributed by atoms with Crippen molar-refractivity contribution < 1.29 is 33.4 Å². The zero-order valence-corrected chi connectivity index (χ0v) is 24.7. The van der Waals surface area contributed by atoms with Crippen LogP contribution in [0.4, 0.5) is 4.39 Å². The number of carbonyl (C=O) groups excluding carboxylic acids is 2. The Morgan fingerprint density at radius 3 is 2.76 bits per heavy atom. The minimum atomic E-state index is -1.57. The normalized spacial score (nSPS) is 22.8. The van der Waals surface area contributed by atoms with Gasteiger partial charge in [0, 0.05) is 43.5 Å². The third-order valence-corrected chi connectivity index (χ3v) is 8.77. The number of aliphatic carboxylic acids is 1. The van der Waals surface area contributed by atoms with E-state index in [1.807, 2.05) is 5.38 Å². The van der Waals surface area contributed by atoms with E-state index >= 15 is 0 Å². The smallest absolute Gasteiger partial charge is 0.338 e. The number of benzene rings is 1. The lowest BCUT2D eigenvalue weighted by molar-refractivity contribution is -0.158. The highest BCUT2D eigenvalue weighted by Crippen LogP contribution is 2.36. The highest BCUT2D eigenvalue weighted by Gasteiger charge is 2.48. The second kappa shape index (κ2) is 11.9. The summed E-state index contributed by atoms with van der Waals surface area (Å²) in [7, 11) is 0. The highest BCUT2D eigenvalue weighted by atomic mass is 32.1. The van der Waals surface area contributed by atoms with Crippen LogP contribution in [0.25, 0.3) is 0 Å². The Morgan fingerprint density at radius 2 is 2.07 bits per heavy atom. The first-order valence-electron chi connectivity index (χ1n) is 13.8. The molecule has 0 bridgehead atoms. The molecule has 0 unspecified atom stereocenters. The number of nitrogens with one attached hydrogen (secondary N) is 1. The second-order valence-corrected chi connectivity index (χ2v) is 11.9. The van der Waals surface area contributed by atoms with Crippen molar-refractivity contribution in [2.45, 2.75) is 45.9 Å². The molecule has 4 heterocycles. The van der Waals surface area contributed by atoms with Crippen LogP contribution in [0.2, 0.25) is 0 Å². The van der Waals surface area contributed by atoms with E-state index in [9.17, 15) is 23.9 Å². The molecule has 3 atom stereocenters. The molecule has 2 N–H and O–H groups in total. The second-order valence-electron chi connectivity index (χ2n) is 11.0. The molecule has 13 heteroatoms. The third-order valence-electron chi connectivity index (χ3n) is 7.99. The van der Waals surface area contributed by atoms with Gasteiger partial charge in [-0.15, -0.1) is 11.3 Å². The monoisotopic (exact) mass is 599 g/mol. The van der Waals surface area contributed by atoms with Gasteiger partial charge in [0.15, 0.2) is 10.8 Å². The summed E-state index contributed by atoms with van der Waals surface area (Å²) in [6.07, 6.45) is 1.34. The van der Waals surface area contributed by atoms with E-state index in [2.05, 4.69) is 15.2 Å². The van der Waals surface area contributed by atoms with Crippen LogP contribution in [-0.2, 0) is 23.9 Å². The largest absolute Gasteiger partial charge is 0.480 e. The number of amides is 1. The molecule has 224 valence electrons. The first kappa shape index (κ1) is 29.8. The van der Waals surface area contributed by atoms with Crippen molar-refractivity contribution >= 4 is 35.0 Å². The van der Waals surface area contributed by atoms with Crippen LogP contribution in [0, 0.1) is 18.2 Å². The molecule has 0 spiro atoms. The maximum atomic E-state index is 14.7. The van der Waals surface area contributed by atoms with Crippen LogP contribution in [0.3, 0.4) is 0 Å². The van der Waals surface area contributed by atoms with Crippen molar-refractivity contribution in [1.82, 2.24) is 20.1 Å². The number of halogens is 1. The van der Waals surface area contributed by atoms with Gasteiger partial charge in [0.2, 0.25) is 5.91 Å². The molecule has 1 aromatic heterocycles. The predicted octanol–water partition coefficient (Wildman–Crippen LogP) is 2.52.